The molecule has 0 spiro atoms. The molecule has 0 aromatic heterocycles. The summed E-state index contributed by atoms with van der Waals surface area (Å²) in [6.45, 7) is 5.11. The number of nitrogens with one attached hydrogen (secondary N) is 1. The average molecular weight is 283 g/mol. The van der Waals surface area contributed by atoms with Crippen LogP contribution in [0.4, 0.5) is 0 Å². The van der Waals surface area contributed by atoms with E-state index in [0.29, 0.717) is 0 Å². The molecule has 1 aromatic carbocycles. The lowest BCUT2D eigenvalue weighted by atomic mass is 10.1. The van der Waals surface area contributed by atoms with Gasteiger partial charge < -0.3 is 10.1 Å². The summed E-state index contributed by atoms with van der Waals surface area (Å²) in [6, 6.07) is 8.06. The van der Waals surface area contributed by atoms with Gasteiger partial charge in [0.1, 0.15) is 11.8 Å². The van der Waals surface area contributed by atoms with Gasteiger partial charge in [-0.15, -0.1) is 0 Å². The fourth-order valence-corrected chi connectivity index (χ4v) is 1.86. The van der Waals surface area contributed by atoms with Crippen molar-refractivity contribution < 1.29 is 4.74 Å². The van der Waals surface area contributed by atoms with Crippen LogP contribution in [0.2, 0.25) is 0 Å². The highest BCUT2D eigenvalue weighted by Gasteiger charge is 2.11. The van der Waals surface area contributed by atoms with Gasteiger partial charge in [-0.2, -0.15) is 5.26 Å². The van der Waals surface area contributed by atoms with Crippen molar-refractivity contribution in [2.45, 2.75) is 19.9 Å². The van der Waals surface area contributed by atoms with Gasteiger partial charge in [0.25, 0.3) is 0 Å². The molecule has 1 atom stereocenters. The Kier molecular flexibility index (Phi) is 5.30. The Labute approximate surface area is 105 Å². The molecule has 3 nitrogen and oxygen atoms in total. The number of hydrogen-bond acceptors (Lipinski definition) is 3. The summed E-state index contributed by atoms with van der Waals surface area (Å²) in [7, 11) is 0. The summed E-state index contributed by atoms with van der Waals surface area (Å²) < 4.78 is 6.36. The van der Waals surface area contributed by atoms with E-state index in [2.05, 4.69) is 35.1 Å². The standard InChI is InChI=1S/C12H15BrN2O/c1-3-15-9(2)11-5-4-10(13)8-12(11)16-7-6-14/h4-5,8-9,15H,3,7H2,1-2H3. The van der Waals surface area contributed by atoms with Crippen LogP contribution in [-0.2, 0) is 0 Å². The molecule has 1 unspecified atom stereocenters. The second-order valence-electron chi connectivity index (χ2n) is 3.41. The molecule has 0 heterocycles. The van der Waals surface area contributed by atoms with Crippen molar-refractivity contribution in [3.63, 3.8) is 0 Å². The van der Waals surface area contributed by atoms with Crippen LogP contribution in [0.3, 0.4) is 0 Å². The van der Waals surface area contributed by atoms with Crippen LogP contribution in [0, 0.1) is 11.3 Å². The molecule has 16 heavy (non-hydrogen) atoms. The maximum Gasteiger partial charge on any atom is 0.174 e. The first kappa shape index (κ1) is 13.0. The number of benzene rings is 1. The first-order chi connectivity index (χ1) is 7.69. The second kappa shape index (κ2) is 6.51. The molecule has 1 aromatic rings. The quantitative estimate of drug-likeness (QED) is 0.903. The Morgan fingerprint density at radius 1 is 1.56 bits per heavy atom. The van der Waals surface area contributed by atoms with Gasteiger partial charge in [0.15, 0.2) is 6.61 Å². The number of rotatable bonds is 5. The minimum absolute atomic E-state index is 0.0717. The van der Waals surface area contributed by atoms with E-state index < -0.39 is 0 Å². The molecule has 0 amide bonds. The number of hydrogen-bond donors (Lipinski definition) is 1. The summed E-state index contributed by atoms with van der Waals surface area (Å²) in [5, 5.41) is 11.8. The third-order valence-corrected chi connectivity index (χ3v) is 2.74. The Bertz CT molecular complexity index is 387. The molecule has 0 aliphatic heterocycles. The van der Waals surface area contributed by atoms with Gasteiger partial charge in [0.05, 0.1) is 0 Å². The van der Waals surface area contributed by atoms with Crippen LogP contribution in [0.5, 0.6) is 5.75 Å². The molecule has 0 bridgehead atoms. The summed E-state index contributed by atoms with van der Waals surface area (Å²) in [6.07, 6.45) is 0. The van der Waals surface area contributed by atoms with Gasteiger partial charge in [-0.25, -0.2) is 0 Å². The van der Waals surface area contributed by atoms with Crippen molar-refractivity contribution in [3.05, 3.63) is 28.2 Å². The van der Waals surface area contributed by atoms with Crippen LogP contribution in [0.15, 0.2) is 22.7 Å². The lowest BCUT2D eigenvalue weighted by Gasteiger charge is -2.17. The largest absolute Gasteiger partial charge is 0.478 e. The van der Waals surface area contributed by atoms with Gasteiger partial charge >= 0.3 is 0 Å². The van der Waals surface area contributed by atoms with Crippen LogP contribution in [0.25, 0.3) is 0 Å². The molecule has 0 saturated heterocycles. The normalized spacial score (nSPS) is 11.9. The first-order valence-electron chi connectivity index (χ1n) is 5.21. The fraction of sp³-hybridized carbons (Fsp3) is 0.417. The smallest absolute Gasteiger partial charge is 0.174 e. The number of nitrogens with zero attached hydrogens (tertiary/aromatic N) is 1. The number of ether oxygens (including phenoxy) is 1. The highest BCUT2D eigenvalue weighted by Crippen LogP contribution is 2.28. The van der Waals surface area contributed by atoms with Crippen LogP contribution in [-0.4, -0.2) is 13.2 Å². The van der Waals surface area contributed by atoms with Gasteiger partial charge in [-0.3, -0.25) is 0 Å². The molecule has 0 radical (unpaired) electrons. The van der Waals surface area contributed by atoms with Crippen molar-refractivity contribution in [3.8, 4) is 11.8 Å². The van der Waals surface area contributed by atoms with E-state index in [1.807, 2.05) is 24.3 Å². The zero-order valence-corrected chi connectivity index (χ0v) is 11.0. The number of halogens is 1. The predicted octanol–water partition coefficient (Wildman–Crippen LogP) is 3.02. The first-order valence-corrected chi connectivity index (χ1v) is 6.01. The third kappa shape index (κ3) is 3.51. The average Bonchev–Trinajstić information content (AvgIpc) is 2.26. The molecule has 0 aliphatic carbocycles. The van der Waals surface area contributed by atoms with Crippen molar-refractivity contribution >= 4 is 15.9 Å². The van der Waals surface area contributed by atoms with Crippen molar-refractivity contribution in [1.82, 2.24) is 5.32 Å². The zero-order chi connectivity index (χ0) is 12.0. The van der Waals surface area contributed by atoms with Gasteiger partial charge in [-0.1, -0.05) is 28.9 Å². The predicted molar refractivity (Wildman–Crippen MR) is 67.3 cm³/mol. The minimum atomic E-state index is 0.0717. The van der Waals surface area contributed by atoms with Gasteiger partial charge in [-0.05, 0) is 25.6 Å². The molecule has 0 fully saturated rings. The van der Waals surface area contributed by atoms with Crippen molar-refractivity contribution in [2.75, 3.05) is 13.2 Å². The molecule has 4 heteroatoms. The number of nitriles is 1. The van der Waals surface area contributed by atoms with E-state index in [0.717, 1.165) is 22.3 Å². The Morgan fingerprint density at radius 3 is 2.94 bits per heavy atom. The Morgan fingerprint density at radius 2 is 2.31 bits per heavy atom. The van der Waals surface area contributed by atoms with E-state index >= 15 is 0 Å². The molecule has 0 saturated carbocycles. The monoisotopic (exact) mass is 282 g/mol. The summed E-state index contributed by atoms with van der Waals surface area (Å²) in [5.74, 6) is 0.754. The lowest BCUT2D eigenvalue weighted by molar-refractivity contribution is 0.359. The van der Waals surface area contributed by atoms with Crippen LogP contribution in [0.1, 0.15) is 25.5 Å². The molecular formula is C12H15BrN2O. The van der Waals surface area contributed by atoms with E-state index in [-0.39, 0.29) is 12.6 Å². The Hall–Kier alpha value is -1.05. The molecule has 1 rings (SSSR count). The van der Waals surface area contributed by atoms with Crippen LogP contribution >= 0.6 is 15.9 Å². The highest BCUT2D eigenvalue weighted by atomic mass is 79.9. The van der Waals surface area contributed by atoms with Gasteiger partial charge in [0, 0.05) is 16.1 Å². The summed E-state index contributed by atoms with van der Waals surface area (Å²) in [5.41, 5.74) is 1.07. The summed E-state index contributed by atoms with van der Waals surface area (Å²) >= 11 is 3.39. The molecule has 0 aliphatic rings. The maximum atomic E-state index is 8.53. The SMILES string of the molecule is CCNC(C)c1ccc(Br)cc1OCC#N. The molecule has 86 valence electrons. The second-order valence-corrected chi connectivity index (χ2v) is 4.32. The van der Waals surface area contributed by atoms with Crippen molar-refractivity contribution in [1.29, 1.82) is 5.26 Å². The fourth-order valence-electron chi connectivity index (χ4n) is 1.52. The maximum absolute atomic E-state index is 8.53. The molecule has 1 N–H and O–H groups in total. The van der Waals surface area contributed by atoms with E-state index in [4.69, 9.17) is 10.00 Å². The third-order valence-electron chi connectivity index (χ3n) is 2.24. The summed E-state index contributed by atoms with van der Waals surface area (Å²) in [4.78, 5) is 0. The van der Waals surface area contributed by atoms with Crippen molar-refractivity contribution in [2.24, 2.45) is 0 Å². The molecular weight excluding hydrogens is 268 g/mol. The zero-order valence-electron chi connectivity index (χ0n) is 9.46. The van der Waals surface area contributed by atoms with E-state index in [9.17, 15) is 0 Å². The topological polar surface area (TPSA) is 45.0 Å². The van der Waals surface area contributed by atoms with Crippen LogP contribution < -0.4 is 10.1 Å². The van der Waals surface area contributed by atoms with E-state index in [1.165, 1.54) is 0 Å². The van der Waals surface area contributed by atoms with E-state index in [1.54, 1.807) is 0 Å². The highest BCUT2D eigenvalue weighted by molar-refractivity contribution is 9.10. The minimum Gasteiger partial charge on any atom is -0.478 e. The lowest BCUT2D eigenvalue weighted by Crippen LogP contribution is -2.18. The Balaban J connectivity index is 2.93. The van der Waals surface area contributed by atoms with Gasteiger partial charge in [0.2, 0.25) is 0 Å².